The summed E-state index contributed by atoms with van der Waals surface area (Å²) in [6.07, 6.45) is 4.97. The van der Waals surface area contributed by atoms with Gasteiger partial charge in [-0.1, -0.05) is 0 Å². The van der Waals surface area contributed by atoms with Crippen molar-refractivity contribution in [2.24, 2.45) is 7.05 Å². The first kappa shape index (κ1) is 11.3. The average molecular weight is 236 g/mol. The van der Waals surface area contributed by atoms with Crippen LogP contribution in [0.3, 0.4) is 0 Å². The Bertz CT molecular complexity index is 404. The molecule has 0 amide bonds. The molecule has 0 atom stereocenters. The third-order valence-electron chi connectivity index (χ3n) is 2.32. The predicted molar refractivity (Wildman–Crippen MR) is 65.5 cm³/mol. The van der Waals surface area contributed by atoms with Crippen LogP contribution >= 0.6 is 11.3 Å². The summed E-state index contributed by atoms with van der Waals surface area (Å²) in [4.78, 5) is 4.40. The summed E-state index contributed by atoms with van der Waals surface area (Å²) < 4.78 is 1.83. The third kappa shape index (κ3) is 3.15. The lowest BCUT2D eigenvalue weighted by Crippen LogP contribution is -2.16. The first-order chi connectivity index (χ1) is 7.74. The van der Waals surface area contributed by atoms with Gasteiger partial charge in [0.25, 0.3) is 0 Å². The first-order valence-electron chi connectivity index (χ1n) is 5.33. The van der Waals surface area contributed by atoms with Gasteiger partial charge >= 0.3 is 0 Å². The van der Waals surface area contributed by atoms with Crippen LogP contribution in [0.4, 0.5) is 0 Å². The molecule has 0 saturated carbocycles. The maximum Gasteiger partial charge on any atom is 0.0897 e. The Labute approximate surface area is 99.3 Å². The van der Waals surface area contributed by atoms with Crippen LogP contribution in [0, 0.1) is 6.92 Å². The largest absolute Gasteiger partial charge is 0.311 e. The highest BCUT2D eigenvalue weighted by molar-refractivity contribution is 7.09. The number of nitrogens with zero attached hydrogens (tertiary/aromatic N) is 3. The minimum Gasteiger partial charge on any atom is -0.311 e. The van der Waals surface area contributed by atoms with E-state index in [1.54, 1.807) is 11.3 Å². The molecule has 1 N–H and O–H groups in total. The van der Waals surface area contributed by atoms with Crippen LogP contribution in [0.1, 0.15) is 16.3 Å². The van der Waals surface area contributed by atoms with E-state index >= 15 is 0 Å². The summed E-state index contributed by atoms with van der Waals surface area (Å²) >= 11 is 1.70. The molecule has 0 aliphatic rings. The monoisotopic (exact) mass is 236 g/mol. The van der Waals surface area contributed by atoms with E-state index in [-0.39, 0.29) is 0 Å². The first-order valence-corrected chi connectivity index (χ1v) is 6.21. The highest BCUT2D eigenvalue weighted by atomic mass is 32.1. The molecular formula is C11H16N4S. The SMILES string of the molecule is Cc1nc(CNCCc2cnn(C)c2)cs1. The van der Waals surface area contributed by atoms with E-state index in [0.717, 1.165) is 30.2 Å². The Kier molecular flexibility index (Phi) is 3.69. The van der Waals surface area contributed by atoms with Crippen molar-refractivity contribution in [1.29, 1.82) is 0 Å². The van der Waals surface area contributed by atoms with Crippen molar-refractivity contribution in [1.82, 2.24) is 20.1 Å². The molecule has 2 aromatic rings. The molecule has 5 heteroatoms. The lowest BCUT2D eigenvalue weighted by atomic mass is 10.2. The smallest absolute Gasteiger partial charge is 0.0897 e. The molecule has 0 aliphatic heterocycles. The van der Waals surface area contributed by atoms with Crippen molar-refractivity contribution in [3.8, 4) is 0 Å². The maximum atomic E-state index is 4.40. The zero-order valence-electron chi connectivity index (χ0n) is 9.60. The van der Waals surface area contributed by atoms with Gasteiger partial charge in [-0.3, -0.25) is 4.68 Å². The molecule has 2 aromatic heterocycles. The standard InChI is InChI=1S/C11H16N4S/c1-9-14-11(8-16-9)6-12-4-3-10-5-13-15(2)7-10/h5,7-8,12H,3-4,6H2,1-2H3. The van der Waals surface area contributed by atoms with E-state index in [4.69, 9.17) is 0 Å². The van der Waals surface area contributed by atoms with Crippen molar-refractivity contribution in [3.63, 3.8) is 0 Å². The average Bonchev–Trinajstić information content (AvgIpc) is 2.83. The van der Waals surface area contributed by atoms with Gasteiger partial charge < -0.3 is 5.32 Å². The summed E-state index contributed by atoms with van der Waals surface area (Å²) in [7, 11) is 1.94. The van der Waals surface area contributed by atoms with Crippen LogP contribution in [-0.2, 0) is 20.0 Å². The van der Waals surface area contributed by atoms with Crippen molar-refractivity contribution in [2.45, 2.75) is 19.9 Å². The van der Waals surface area contributed by atoms with E-state index in [0.29, 0.717) is 0 Å². The van der Waals surface area contributed by atoms with Crippen molar-refractivity contribution in [3.05, 3.63) is 34.0 Å². The van der Waals surface area contributed by atoms with E-state index in [1.165, 1.54) is 5.56 Å². The van der Waals surface area contributed by atoms with Crippen LogP contribution in [0.25, 0.3) is 0 Å². The Morgan fingerprint density at radius 2 is 2.38 bits per heavy atom. The second-order valence-electron chi connectivity index (χ2n) is 3.81. The van der Waals surface area contributed by atoms with Crippen molar-refractivity contribution in [2.75, 3.05) is 6.54 Å². The zero-order chi connectivity index (χ0) is 11.4. The maximum absolute atomic E-state index is 4.40. The highest BCUT2D eigenvalue weighted by Crippen LogP contribution is 2.07. The molecule has 0 radical (unpaired) electrons. The summed E-state index contributed by atoms with van der Waals surface area (Å²) in [5, 5.41) is 10.7. The van der Waals surface area contributed by atoms with Gasteiger partial charge in [-0.05, 0) is 25.5 Å². The molecule has 0 saturated heterocycles. The Morgan fingerprint density at radius 1 is 1.50 bits per heavy atom. The Morgan fingerprint density at radius 3 is 3.00 bits per heavy atom. The second kappa shape index (κ2) is 5.23. The van der Waals surface area contributed by atoms with Gasteiger partial charge in [0.05, 0.1) is 16.9 Å². The third-order valence-corrected chi connectivity index (χ3v) is 3.14. The molecule has 2 heterocycles. The highest BCUT2D eigenvalue weighted by Gasteiger charge is 1.98. The number of rotatable bonds is 5. The fourth-order valence-corrected chi connectivity index (χ4v) is 2.15. The summed E-state index contributed by atoms with van der Waals surface area (Å²) in [5.41, 5.74) is 2.40. The van der Waals surface area contributed by atoms with Crippen LogP contribution in [-0.4, -0.2) is 21.3 Å². The number of nitrogens with one attached hydrogen (secondary N) is 1. The predicted octanol–water partition coefficient (Wildman–Crippen LogP) is 1.52. The molecule has 86 valence electrons. The van der Waals surface area contributed by atoms with Crippen LogP contribution < -0.4 is 5.32 Å². The summed E-state index contributed by atoms with van der Waals surface area (Å²) in [6, 6.07) is 0. The summed E-state index contributed by atoms with van der Waals surface area (Å²) in [6.45, 7) is 3.84. The van der Waals surface area contributed by atoms with E-state index in [1.807, 2.05) is 24.9 Å². The van der Waals surface area contributed by atoms with Gasteiger partial charge in [-0.15, -0.1) is 11.3 Å². The fraction of sp³-hybridized carbons (Fsp3) is 0.455. The molecule has 2 rings (SSSR count). The Hall–Kier alpha value is -1.20. The minimum atomic E-state index is 0.852. The van der Waals surface area contributed by atoms with Gasteiger partial charge in [0, 0.05) is 25.2 Å². The zero-order valence-corrected chi connectivity index (χ0v) is 10.4. The van der Waals surface area contributed by atoms with Gasteiger partial charge in [-0.2, -0.15) is 5.10 Å². The van der Waals surface area contributed by atoms with E-state index < -0.39 is 0 Å². The van der Waals surface area contributed by atoms with Crippen molar-refractivity contribution >= 4 is 11.3 Å². The normalized spacial score (nSPS) is 10.9. The number of aromatic nitrogens is 3. The topological polar surface area (TPSA) is 42.7 Å². The quantitative estimate of drug-likeness (QED) is 0.800. The van der Waals surface area contributed by atoms with Crippen molar-refractivity contribution < 1.29 is 0 Å². The van der Waals surface area contributed by atoms with Gasteiger partial charge in [-0.25, -0.2) is 4.98 Å². The lowest BCUT2D eigenvalue weighted by molar-refractivity contribution is 0.676. The van der Waals surface area contributed by atoms with Gasteiger partial charge in [0.2, 0.25) is 0 Å². The second-order valence-corrected chi connectivity index (χ2v) is 4.87. The van der Waals surface area contributed by atoms with E-state index in [9.17, 15) is 0 Å². The number of hydrogen-bond donors (Lipinski definition) is 1. The lowest BCUT2D eigenvalue weighted by Gasteiger charge is -2.00. The Balaban J connectivity index is 1.69. The molecule has 0 fully saturated rings. The summed E-state index contributed by atoms with van der Waals surface area (Å²) in [5.74, 6) is 0. The van der Waals surface area contributed by atoms with Crippen LogP contribution in [0.15, 0.2) is 17.8 Å². The molecular weight excluding hydrogens is 220 g/mol. The molecule has 16 heavy (non-hydrogen) atoms. The van der Waals surface area contributed by atoms with E-state index in [2.05, 4.69) is 27.0 Å². The molecule has 0 spiro atoms. The molecule has 4 nitrogen and oxygen atoms in total. The molecule has 0 aliphatic carbocycles. The van der Waals surface area contributed by atoms with Crippen LogP contribution in [0.2, 0.25) is 0 Å². The van der Waals surface area contributed by atoms with Gasteiger partial charge in [0.15, 0.2) is 0 Å². The number of hydrogen-bond acceptors (Lipinski definition) is 4. The molecule has 0 aromatic carbocycles. The fourth-order valence-electron chi connectivity index (χ4n) is 1.54. The number of aryl methyl sites for hydroxylation is 2. The minimum absolute atomic E-state index is 0.852. The van der Waals surface area contributed by atoms with Crippen LogP contribution in [0.5, 0.6) is 0 Å². The van der Waals surface area contributed by atoms with Gasteiger partial charge in [0.1, 0.15) is 0 Å². The molecule has 0 bridgehead atoms. The number of thiazole rings is 1. The molecule has 0 unspecified atom stereocenters.